The molecule has 0 fully saturated rings. The number of hydrogen-bond acceptors (Lipinski definition) is 8. The molecule has 0 spiro atoms. The van der Waals surface area contributed by atoms with Crippen molar-refractivity contribution in [2.45, 2.75) is 12.8 Å². The summed E-state index contributed by atoms with van der Waals surface area (Å²) in [5.74, 6) is 13.3. The molecule has 0 aliphatic rings. The van der Waals surface area contributed by atoms with Gasteiger partial charge in [0.1, 0.15) is 11.5 Å². The van der Waals surface area contributed by atoms with Gasteiger partial charge in [-0.25, -0.2) is 0 Å². The highest BCUT2D eigenvalue weighted by molar-refractivity contribution is 8.03. The monoisotopic (exact) mass is 548 g/mol. The van der Waals surface area contributed by atoms with Crippen LogP contribution in [0.2, 0.25) is 0 Å². The molecule has 0 saturated heterocycles. The zero-order valence-electron chi connectivity index (χ0n) is 18.7. The maximum Gasteiger partial charge on any atom is 0.127 e. The summed E-state index contributed by atoms with van der Waals surface area (Å²) in [4.78, 5) is 0. The predicted molar refractivity (Wildman–Crippen MR) is 161 cm³/mol. The second-order valence-electron chi connectivity index (χ2n) is 6.91. The van der Waals surface area contributed by atoms with Gasteiger partial charge in [-0.15, -0.1) is 0 Å². The normalized spacial score (nSPS) is 11.2. The Kier molecular flexibility index (Phi) is 17.6. The van der Waals surface area contributed by atoms with Gasteiger partial charge >= 0.3 is 0 Å². The van der Waals surface area contributed by atoms with E-state index in [1.807, 2.05) is 47.0 Å². The molecule has 0 unspecified atom stereocenters. The van der Waals surface area contributed by atoms with E-state index in [9.17, 15) is 0 Å². The van der Waals surface area contributed by atoms with Crippen LogP contribution in [-0.2, 0) is 0 Å². The first kappa shape index (κ1) is 28.6. The highest BCUT2D eigenvalue weighted by atomic mass is 32.2. The van der Waals surface area contributed by atoms with Crippen LogP contribution in [-0.4, -0.2) is 70.7 Å². The molecule has 0 aromatic heterocycles. The summed E-state index contributed by atoms with van der Waals surface area (Å²) in [6.45, 7) is 1.51. The lowest BCUT2D eigenvalue weighted by Crippen LogP contribution is -2.02. The van der Waals surface area contributed by atoms with Gasteiger partial charge in [0.25, 0.3) is 0 Å². The Morgan fingerprint density at radius 2 is 0.938 bits per heavy atom. The highest BCUT2D eigenvalue weighted by Gasteiger charge is 2.08. The molecule has 32 heavy (non-hydrogen) atoms. The van der Waals surface area contributed by atoms with Crippen LogP contribution in [0, 0.1) is 0 Å². The van der Waals surface area contributed by atoms with Gasteiger partial charge in [0.15, 0.2) is 0 Å². The van der Waals surface area contributed by atoms with Gasteiger partial charge in [0.2, 0.25) is 0 Å². The SMILES string of the molecule is SCCSCCSCCCOc1ccc(OCCCSCCSCCS)c2ccccc12. The van der Waals surface area contributed by atoms with Crippen molar-refractivity contribution in [1.82, 2.24) is 0 Å². The van der Waals surface area contributed by atoms with Gasteiger partial charge in [-0.3, -0.25) is 0 Å². The molecule has 2 aromatic rings. The van der Waals surface area contributed by atoms with Crippen LogP contribution in [0.1, 0.15) is 12.8 Å². The largest absolute Gasteiger partial charge is 0.493 e. The number of benzene rings is 2. The Morgan fingerprint density at radius 1 is 0.531 bits per heavy atom. The fourth-order valence-electron chi connectivity index (χ4n) is 2.95. The molecule has 180 valence electrons. The minimum Gasteiger partial charge on any atom is -0.493 e. The Labute approximate surface area is 222 Å². The lowest BCUT2D eigenvalue weighted by Gasteiger charge is -2.13. The van der Waals surface area contributed by atoms with E-state index >= 15 is 0 Å². The summed E-state index contributed by atoms with van der Waals surface area (Å²) < 4.78 is 12.2. The Hall–Kier alpha value is 0.400. The quantitative estimate of drug-likeness (QED) is 0.134. The summed E-state index contributed by atoms with van der Waals surface area (Å²) in [6.07, 6.45) is 2.14. The van der Waals surface area contributed by atoms with Gasteiger partial charge < -0.3 is 9.47 Å². The van der Waals surface area contributed by atoms with Crippen LogP contribution in [0.15, 0.2) is 36.4 Å². The highest BCUT2D eigenvalue weighted by Crippen LogP contribution is 2.33. The second-order valence-corrected chi connectivity index (χ2v) is 12.7. The van der Waals surface area contributed by atoms with Crippen LogP contribution < -0.4 is 9.47 Å². The smallest absolute Gasteiger partial charge is 0.127 e. The standard InChI is InChI=1S/C24H36O2S6/c27-11-15-31-19-17-29-13-3-9-25-23-7-8-24(22-6-2-1-5-21(22)23)26-10-4-14-30-18-20-32-16-12-28/h1-2,5-8,27-28H,3-4,9-20H2. The summed E-state index contributed by atoms with van der Waals surface area (Å²) in [5, 5.41) is 2.27. The first-order valence-corrected chi connectivity index (χ1v) is 17.0. The molecule has 0 N–H and O–H groups in total. The van der Waals surface area contributed by atoms with Gasteiger partial charge in [0, 0.05) is 45.3 Å². The molecule has 2 rings (SSSR count). The molecule has 2 nitrogen and oxygen atoms in total. The lowest BCUT2D eigenvalue weighted by atomic mass is 10.1. The maximum atomic E-state index is 6.12. The van der Waals surface area contributed by atoms with Crippen molar-refractivity contribution in [3.63, 3.8) is 0 Å². The van der Waals surface area contributed by atoms with Crippen molar-refractivity contribution in [3.05, 3.63) is 36.4 Å². The van der Waals surface area contributed by atoms with Crippen molar-refractivity contribution in [2.75, 3.05) is 70.7 Å². The number of thiol groups is 2. The van der Waals surface area contributed by atoms with Crippen molar-refractivity contribution in [3.8, 4) is 11.5 Å². The molecule has 0 saturated carbocycles. The van der Waals surface area contributed by atoms with Crippen LogP contribution in [0.5, 0.6) is 11.5 Å². The van der Waals surface area contributed by atoms with Gasteiger partial charge in [0.05, 0.1) is 13.2 Å². The molecule has 0 aliphatic carbocycles. The van der Waals surface area contributed by atoms with Crippen molar-refractivity contribution >= 4 is 83.1 Å². The zero-order valence-corrected chi connectivity index (χ0v) is 23.8. The number of thioether (sulfide) groups is 4. The molecular formula is C24H36O2S6. The van der Waals surface area contributed by atoms with Crippen molar-refractivity contribution in [1.29, 1.82) is 0 Å². The lowest BCUT2D eigenvalue weighted by molar-refractivity contribution is 0.315. The third-order valence-corrected chi connectivity index (χ3v) is 10.1. The molecular weight excluding hydrogens is 513 g/mol. The first-order valence-electron chi connectivity index (χ1n) is 11.2. The summed E-state index contributed by atoms with van der Waals surface area (Å²) >= 11 is 16.5. The van der Waals surface area contributed by atoms with Crippen LogP contribution >= 0.6 is 72.3 Å². The fraction of sp³-hybridized carbons (Fsp3) is 0.583. The molecule has 2 aromatic carbocycles. The van der Waals surface area contributed by atoms with Crippen molar-refractivity contribution < 1.29 is 9.47 Å². The zero-order chi connectivity index (χ0) is 22.7. The molecule has 0 heterocycles. The van der Waals surface area contributed by atoms with Crippen LogP contribution in [0.4, 0.5) is 0 Å². The molecule has 0 amide bonds. The predicted octanol–water partition coefficient (Wildman–Crippen LogP) is 7.17. The van der Waals surface area contributed by atoms with E-state index in [1.165, 1.54) is 23.0 Å². The first-order chi connectivity index (χ1) is 15.9. The number of hydrogen-bond donors (Lipinski definition) is 2. The summed E-state index contributed by atoms with van der Waals surface area (Å²) in [6, 6.07) is 12.5. The number of ether oxygens (including phenoxy) is 2. The second kappa shape index (κ2) is 19.7. The summed E-state index contributed by atoms with van der Waals surface area (Å²) in [7, 11) is 0. The fourth-order valence-corrected chi connectivity index (χ4v) is 7.33. The molecule has 8 heteroatoms. The molecule has 0 bridgehead atoms. The molecule has 0 radical (unpaired) electrons. The third-order valence-electron chi connectivity index (χ3n) is 4.44. The summed E-state index contributed by atoms with van der Waals surface area (Å²) in [5.41, 5.74) is 0. The van der Waals surface area contributed by atoms with Gasteiger partial charge in [-0.2, -0.15) is 72.3 Å². The molecule has 0 aliphatic heterocycles. The van der Waals surface area contributed by atoms with E-state index in [0.29, 0.717) is 0 Å². The average molecular weight is 549 g/mol. The van der Waals surface area contributed by atoms with Crippen LogP contribution in [0.25, 0.3) is 10.8 Å². The minimum atomic E-state index is 0.754. The van der Waals surface area contributed by atoms with Crippen molar-refractivity contribution in [2.24, 2.45) is 0 Å². The number of rotatable bonds is 20. The Bertz CT molecular complexity index is 670. The number of fused-ring (bicyclic) bond motifs is 1. The average Bonchev–Trinajstić information content (AvgIpc) is 2.82. The van der Waals surface area contributed by atoms with Crippen LogP contribution in [0.3, 0.4) is 0 Å². The van der Waals surface area contributed by atoms with E-state index in [4.69, 9.17) is 9.47 Å². The van der Waals surface area contributed by atoms with E-state index < -0.39 is 0 Å². The third kappa shape index (κ3) is 12.2. The van der Waals surface area contributed by atoms with E-state index in [1.54, 1.807) is 0 Å². The van der Waals surface area contributed by atoms with Gasteiger partial charge in [-0.1, -0.05) is 24.3 Å². The Balaban J connectivity index is 1.69. The van der Waals surface area contributed by atoms with E-state index in [2.05, 4.69) is 61.7 Å². The van der Waals surface area contributed by atoms with E-state index in [-0.39, 0.29) is 0 Å². The molecule has 0 atom stereocenters. The minimum absolute atomic E-state index is 0.754. The Morgan fingerprint density at radius 3 is 1.34 bits per heavy atom. The van der Waals surface area contributed by atoms with E-state index in [0.717, 1.165) is 82.8 Å². The topological polar surface area (TPSA) is 18.5 Å². The van der Waals surface area contributed by atoms with Gasteiger partial charge in [-0.05, 0) is 48.0 Å². The maximum absolute atomic E-state index is 6.12.